The lowest BCUT2D eigenvalue weighted by atomic mass is 9.69. The van der Waals surface area contributed by atoms with E-state index in [0.29, 0.717) is 0 Å². The van der Waals surface area contributed by atoms with Crippen molar-refractivity contribution in [2.24, 2.45) is 0 Å². The van der Waals surface area contributed by atoms with Crippen LogP contribution in [0.3, 0.4) is 0 Å². The highest BCUT2D eigenvalue weighted by atomic mass is 16.3. The van der Waals surface area contributed by atoms with Crippen LogP contribution in [0.5, 0.6) is 17.2 Å². The lowest BCUT2D eigenvalue weighted by Gasteiger charge is -2.33. The Kier molecular flexibility index (Phi) is 6.05. The van der Waals surface area contributed by atoms with Gasteiger partial charge in [0.15, 0.2) is 0 Å². The molecule has 28 heavy (non-hydrogen) atoms. The van der Waals surface area contributed by atoms with Crippen molar-refractivity contribution in [2.45, 2.75) is 31.6 Å². The molecule has 0 atom stereocenters. The van der Waals surface area contributed by atoms with Gasteiger partial charge in [-0.2, -0.15) is 0 Å². The molecule has 0 heterocycles. The second-order valence-corrected chi connectivity index (χ2v) is 6.99. The van der Waals surface area contributed by atoms with Crippen molar-refractivity contribution < 1.29 is 15.3 Å². The van der Waals surface area contributed by atoms with Crippen LogP contribution in [0.1, 0.15) is 42.9 Å². The Hall–Kier alpha value is -3.20. The molecule has 0 aromatic heterocycles. The van der Waals surface area contributed by atoms with Gasteiger partial charge >= 0.3 is 0 Å². The topological polar surface area (TPSA) is 60.7 Å². The molecule has 0 bridgehead atoms. The van der Waals surface area contributed by atoms with E-state index in [-0.39, 0.29) is 17.2 Å². The number of unbranched alkanes of at least 4 members (excludes halogenated alkanes) is 2. The van der Waals surface area contributed by atoms with Gasteiger partial charge in [0.25, 0.3) is 0 Å². The number of hydrogen-bond acceptors (Lipinski definition) is 3. The third-order valence-electron chi connectivity index (χ3n) is 5.06. The molecule has 3 rings (SSSR count). The molecule has 3 aromatic carbocycles. The van der Waals surface area contributed by atoms with E-state index in [9.17, 15) is 15.3 Å². The average molecular weight is 374 g/mol. The van der Waals surface area contributed by atoms with Gasteiger partial charge in [0.1, 0.15) is 17.2 Å². The van der Waals surface area contributed by atoms with E-state index in [1.165, 1.54) is 0 Å². The summed E-state index contributed by atoms with van der Waals surface area (Å²) in [6, 6.07) is 21.6. The molecular weight excluding hydrogens is 348 g/mol. The van der Waals surface area contributed by atoms with E-state index in [1.54, 1.807) is 36.4 Å². The van der Waals surface area contributed by atoms with Crippen molar-refractivity contribution >= 4 is 0 Å². The van der Waals surface area contributed by atoms with Crippen LogP contribution in [0.25, 0.3) is 0 Å². The van der Waals surface area contributed by atoms with Crippen LogP contribution in [0.4, 0.5) is 0 Å². The normalized spacial score (nSPS) is 11.8. The molecular formula is C25H26O3. The third-order valence-corrected chi connectivity index (χ3v) is 5.06. The minimum Gasteiger partial charge on any atom is -0.508 e. The zero-order valence-corrected chi connectivity index (χ0v) is 16.0. The van der Waals surface area contributed by atoms with Crippen LogP contribution in [-0.2, 0) is 5.41 Å². The van der Waals surface area contributed by atoms with Gasteiger partial charge in [-0.15, -0.1) is 0 Å². The number of aromatic hydroxyl groups is 3. The number of allylic oxidation sites excluding steroid dienone is 2. The predicted molar refractivity (Wildman–Crippen MR) is 113 cm³/mol. The summed E-state index contributed by atoms with van der Waals surface area (Å²) in [7, 11) is 0. The molecule has 3 heteroatoms. The Bertz CT molecular complexity index is 797. The van der Waals surface area contributed by atoms with E-state index in [4.69, 9.17) is 0 Å². The largest absolute Gasteiger partial charge is 0.508 e. The molecule has 0 radical (unpaired) electrons. The summed E-state index contributed by atoms with van der Waals surface area (Å²) < 4.78 is 0. The fourth-order valence-electron chi connectivity index (χ4n) is 3.54. The minimum absolute atomic E-state index is 0.212. The Morgan fingerprint density at radius 3 is 1.32 bits per heavy atom. The highest BCUT2D eigenvalue weighted by Gasteiger charge is 2.33. The first kappa shape index (κ1) is 19.6. The molecule has 0 spiro atoms. The number of hydrogen-bond donors (Lipinski definition) is 3. The van der Waals surface area contributed by atoms with Crippen molar-refractivity contribution in [3.8, 4) is 17.2 Å². The molecule has 0 amide bonds. The first-order valence-corrected chi connectivity index (χ1v) is 9.62. The summed E-state index contributed by atoms with van der Waals surface area (Å²) >= 11 is 0. The summed E-state index contributed by atoms with van der Waals surface area (Å²) in [6.45, 7) is 2.17. The third kappa shape index (κ3) is 4.04. The standard InChI is InChI=1S/C25H26O3/c1-2-3-4-5-18-25(19-6-12-22(26)13-7-19,20-8-14-23(27)15-9-20)21-10-16-24(28)17-11-21/h5-18,26-28H,2-4H2,1H3/b18-5+. The molecule has 3 aromatic rings. The number of rotatable bonds is 7. The number of phenolic OH excluding ortho intramolecular Hbond substituents is 3. The summed E-state index contributed by atoms with van der Waals surface area (Å²) in [6.07, 6.45) is 7.57. The number of phenols is 3. The Balaban J connectivity index is 2.26. The molecule has 0 aliphatic carbocycles. The van der Waals surface area contributed by atoms with Crippen molar-refractivity contribution in [1.29, 1.82) is 0 Å². The van der Waals surface area contributed by atoms with Crippen LogP contribution in [0.2, 0.25) is 0 Å². The summed E-state index contributed by atoms with van der Waals surface area (Å²) in [5.41, 5.74) is 2.38. The molecule has 0 fully saturated rings. The van der Waals surface area contributed by atoms with Gasteiger partial charge in [0.2, 0.25) is 0 Å². The average Bonchev–Trinajstić information content (AvgIpc) is 2.71. The van der Waals surface area contributed by atoms with Crippen LogP contribution >= 0.6 is 0 Å². The maximum absolute atomic E-state index is 9.80. The van der Waals surface area contributed by atoms with Crippen molar-refractivity contribution in [2.75, 3.05) is 0 Å². The van der Waals surface area contributed by atoms with Gasteiger partial charge in [0, 0.05) is 0 Å². The molecule has 3 nitrogen and oxygen atoms in total. The smallest absolute Gasteiger partial charge is 0.115 e. The van der Waals surface area contributed by atoms with Crippen LogP contribution in [0.15, 0.2) is 84.9 Å². The first-order chi connectivity index (χ1) is 13.6. The van der Waals surface area contributed by atoms with Gasteiger partial charge in [-0.25, -0.2) is 0 Å². The molecule has 0 aliphatic heterocycles. The zero-order chi connectivity index (χ0) is 20.0. The van der Waals surface area contributed by atoms with Crippen LogP contribution in [0, 0.1) is 0 Å². The number of benzene rings is 3. The molecule has 0 saturated heterocycles. The fraction of sp³-hybridized carbons (Fsp3) is 0.200. The van der Waals surface area contributed by atoms with E-state index in [1.807, 2.05) is 36.4 Å². The van der Waals surface area contributed by atoms with E-state index in [0.717, 1.165) is 36.0 Å². The SMILES string of the molecule is CCCC/C=C/C(c1ccc(O)cc1)(c1ccc(O)cc1)c1ccc(O)cc1. The van der Waals surface area contributed by atoms with Gasteiger partial charge < -0.3 is 15.3 Å². The lowest BCUT2D eigenvalue weighted by molar-refractivity contribution is 0.475. The Labute approximate surface area is 166 Å². The molecule has 0 unspecified atom stereocenters. The van der Waals surface area contributed by atoms with Gasteiger partial charge in [0.05, 0.1) is 5.41 Å². The van der Waals surface area contributed by atoms with Crippen LogP contribution < -0.4 is 0 Å². The monoisotopic (exact) mass is 374 g/mol. The van der Waals surface area contributed by atoms with E-state index in [2.05, 4.69) is 19.1 Å². The predicted octanol–water partition coefficient (Wildman–Crippen LogP) is 5.88. The molecule has 0 saturated carbocycles. The lowest BCUT2D eigenvalue weighted by Crippen LogP contribution is -2.27. The van der Waals surface area contributed by atoms with Crippen molar-refractivity contribution in [3.05, 3.63) is 102 Å². The van der Waals surface area contributed by atoms with Gasteiger partial charge in [-0.3, -0.25) is 0 Å². The van der Waals surface area contributed by atoms with Crippen LogP contribution in [-0.4, -0.2) is 15.3 Å². The second-order valence-electron chi connectivity index (χ2n) is 6.99. The molecule has 3 N–H and O–H groups in total. The zero-order valence-electron chi connectivity index (χ0n) is 16.0. The Morgan fingerprint density at radius 1 is 0.643 bits per heavy atom. The van der Waals surface area contributed by atoms with E-state index < -0.39 is 5.41 Å². The summed E-state index contributed by atoms with van der Waals surface area (Å²) in [5.74, 6) is 0.636. The van der Waals surface area contributed by atoms with Gasteiger partial charge in [-0.1, -0.05) is 68.3 Å². The second kappa shape index (κ2) is 8.66. The first-order valence-electron chi connectivity index (χ1n) is 9.62. The fourth-order valence-corrected chi connectivity index (χ4v) is 3.54. The maximum atomic E-state index is 9.80. The maximum Gasteiger partial charge on any atom is 0.115 e. The minimum atomic E-state index is -0.608. The Morgan fingerprint density at radius 2 is 1.00 bits per heavy atom. The highest BCUT2D eigenvalue weighted by molar-refractivity contribution is 5.56. The summed E-state index contributed by atoms with van der Waals surface area (Å²) in [4.78, 5) is 0. The van der Waals surface area contributed by atoms with Crippen molar-refractivity contribution in [3.63, 3.8) is 0 Å². The molecule has 144 valence electrons. The quantitative estimate of drug-likeness (QED) is 0.275. The molecule has 0 aliphatic rings. The summed E-state index contributed by atoms with van der Waals surface area (Å²) in [5, 5.41) is 29.4. The van der Waals surface area contributed by atoms with Crippen molar-refractivity contribution in [1.82, 2.24) is 0 Å². The highest BCUT2D eigenvalue weighted by Crippen LogP contribution is 2.42. The van der Waals surface area contributed by atoms with E-state index >= 15 is 0 Å². The van der Waals surface area contributed by atoms with Gasteiger partial charge in [-0.05, 0) is 59.5 Å².